The summed E-state index contributed by atoms with van der Waals surface area (Å²) in [7, 11) is 0. The maximum Gasteiger partial charge on any atom is 0.138 e. The summed E-state index contributed by atoms with van der Waals surface area (Å²) in [5.41, 5.74) is 8.74. The number of phenols is 1. The van der Waals surface area contributed by atoms with Gasteiger partial charge in [0, 0.05) is 17.5 Å². The molecule has 0 radical (unpaired) electrons. The molecule has 1 aliphatic rings. The maximum absolute atomic E-state index is 10.1. The highest BCUT2D eigenvalue weighted by Gasteiger charge is 2.46. The fourth-order valence-corrected chi connectivity index (χ4v) is 2.47. The first-order valence-corrected chi connectivity index (χ1v) is 5.59. The van der Waals surface area contributed by atoms with Crippen molar-refractivity contribution in [3.8, 4) is 5.75 Å². The van der Waals surface area contributed by atoms with Gasteiger partial charge in [0.15, 0.2) is 0 Å². The molecule has 0 atom stereocenters. The molecule has 0 unspecified atom stereocenters. The van der Waals surface area contributed by atoms with Crippen LogP contribution in [0.3, 0.4) is 0 Å². The summed E-state index contributed by atoms with van der Waals surface area (Å²) in [6.07, 6.45) is 2.11. The predicted molar refractivity (Wildman–Crippen MR) is 62.6 cm³/mol. The van der Waals surface area contributed by atoms with Crippen molar-refractivity contribution >= 4 is 11.6 Å². The van der Waals surface area contributed by atoms with Gasteiger partial charge in [-0.2, -0.15) is 0 Å². The minimum atomic E-state index is -0.00843. The summed E-state index contributed by atoms with van der Waals surface area (Å²) in [4.78, 5) is 0. The minimum absolute atomic E-state index is 0.00843. The minimum Gasteiger partial charge on any atom is -0.506 e. The van der Waals surface area contributed by atoms with Gasteiger partial charge >= 0.3 is 0 Å². The Bertz CT molecular complexity index is 411. The van der Waals surface area contributed by atoms with Gasteiger partial charge in [-0.15, -0.1) is 0 Å². The van der Waals surface area contributed by atoms with Gasteiger partial charge in [0.1, 0.15) is 5.75 Å². The Morgan fingerprint density at radius 2 is 2.00 bits per heavy atom. The summed E-state index contributed by atoms with van der Waals surface area (Å²) < 4.78 is 0. The lowest BCUT2D eigenvalue weighted by molar-refractivity contribution is 0.458. The molecule has 2 rings (SSSR count). The van der Waals surface area contributed by atoms with E-state index in [-0.39, 0.29) is 11.2 Å². The van der Waals surface area contributed by atoms with Crippen LogP contribution in [0.5, 0.6) is 5.75 Å². The van der Waals surface area contributed by atoms with Crippen LogP contribution in [0.4, 0.5) is 0 Å². The van der Waals surface area contributed by atoms with Gasteiger partial charge in [0.25, 0.3) is 0 Å². The summed E-state index contributed by atoms with van der Waals surface area (Å²) in [5, 5.41) is 10.5. The van der Waals surface area contributed by atoms with Crippen molar-refractivity contribution < 1.29 is 5.11 Å². The lowest BCUT2D eigenvalue weighted by atomic mass is 9.90. The van der Waals surface area contributed by atoms with Gasteiger partial charge in [0.2, 0.25) is 0 Å². The van der Waals surface area contributed by atoms with Crippen LogP contribution < -0.4 is 5.73 Å². The molecule has 0 saturated heterocycles. The third kappa shape index (κ3) is 1.52. The Morgan fingerprint density at radius 3 is 2.47 bits per heavy atom. The Morgan fingerprint density at radius 1 is 1.40 bits per heavy atom. The lowest BCUT2D eigenvalue weighted by Crippen LogP contribution is -2.21. The van der Waals surface area contributed by atoms with Crippen molar-refractivity contribution in [1.29, 1.82) is 0 Å². The van der Waals surface area contributed by atoms with Crippen molar-refractivity contribution in [2.75, 3.05) is 6.54 Å². The van der Waals surface area contributed by atoms with E-state index in [2.05, 4.69) is 0 Å². The molecule has 1 saturated carbocycles. The molecule has 1 fully saturated rings. The van der Waals surface area contributed by atoms with Crippen molar-refractivity contribution in [3.05, 3.63) is 27.8 Å². The van der Waals surface area contributed by atoms with Crippen LogP contribution in [0.25, 0.3) is 0 Å². The number of aryl methyl sites for hydroxylation is 2. The molecule has 15 heavy (non-hydrogen) atoms. The number of aromatic hydroxyl groups is 1. The number of halogens is 1. The second-order valence-corrected chi connectivity index (χ2v) is 4.91. The second kappa shape index (κ2) is 3.39. The SMILES string of the molecule is Cc1cc(C)c(C2(CN)CC2)c(O)c1Cl. The molecule has 0 heterocycles. The van der Waals surface area contributed by atoms with E-state index in [0.29, 0.717) is 11.6 Å². The summed E-state index contributed by atoms with van der Waals surface area (Å²) >= 11 is 6.05. The van der Waals surface area contributed by atoms with E-state index < -0.39 is 0 Å². The zero-order chi connectivity index (χ0) is 11.2. The average molecular weight is 226 g/mol. The van der Waals surface area contributed by atoms with Gasteiger partial charge in [-0.3, -0.25) is 0 Å². The number of hydrogen-bond acceptors (Lipinski definition) is 2. The Kier molecular flexibility index (Phi) is 2.44. The van der Waals surface area contributed by atoms with Crippen LogP contribution in [0.15, 0.2) is 6.07 Å². The molecule has 0 spiro atoms. The summed E-state index contributed by atoms with van der Waals surface area (Å²) in [5.74, 6) is 0.233. The first-order valence-electron chi connectivity index (χ1n) is 5.21. The zero-order valence-corrected chi connectivity index (χ0v) is 9.86. The fourth-order valence-electron chi connectivity index (χ4n) is 2.32. The first kappa shape index (κ1) is 10.8. The van der Waals surface area contributed by atoms with Crippen LogP contribution in [0.2, 0.25) is 5.02 Å². The van der Waals surface area contributed by atoms with Gasteiger partial charge < -0.3 is 10.8 Å². The Labute approximate surface area is 95.1 Å². The third-order valence-corrected chi connectivity index (χ3v) is 3.87. The van der Waals surface area contributed by atoms with Crippen LogP contribution in [0.1, 0.15) is 29.5 Å². The quantitative estimate of drug-likeness (QED) is 0.813. The Hall–Kier alpha value is -0.730. The predicted octanol–water partition coefficient (Wildman–Crippen LogP) is 2.65. The highest BCUT2D eigenvalue weighted by Crippen LogP contribution is 2.53. The first-order chi connectivity index (χ1) is 7.02. The molecule has 82 valence electrons. The van der Waals surface area contributed by atoms with Crippen LogP contribution >= 0.6 is 11.6 Å². The normalized spacial score (nSPS) is 17.9. The molecule has 3 N–H and O–H groups in total. The zero-order valence-electron chi connectivity index (χ0n) is 9.10. The second-order valence-electron chi connectivity index (χ2n) is 4.53. The molecule has 1 aromatic carbocycles. The van der Waals surface area contributed by atoms with E-state index in [9.17, 15) is 5.11 Å². The van der Waals surface area contributed by atoms with Crippen molar-refractivity contribution in [2.45, 2.75) is 32.1 Å². The molecule has 0 amide bonds. The standard InChI is InChI=1S/C12H16ClNO/c1-7-5-8(2)10(13)11(15)9(7)12(6-14)3-4-12/h5,15H,3-4,6,14H2,1-2H3. The van der Waals surface area contributed by atoms with Crippen molar-refractivity contribution in [1.82, 2.24) is 0 Å². The Balaban J connectivity index is 2.62. The fraction of sp³-hybridized carbons (Fsp3) is 0.500. The van der Waals surface area contributed by atoms with Gasteiger partial charge in [-0.25, -0.2) is 0 Å². The van der Waals surface area contributed by atoms with Crippen LogP contribution in [-0.2, 0) is 5.41 Å². The van der Waals surface area contributed by atoms with Gasteiger partial charge in [-0.05, 0) is 37.8 Å². The smallest absolute Gasteiger partial charge is 0.138 e. The highest BCUT2D eigenvalue weighted by atomic mass is 35.5. The van der Waals surface area contributed by atoms with Crippen LogP contribution in [-0.4, -0.2) is 11.7 Å². The van der Waals surface area contributed by atoms with E-state index in [0.717, 1.165) is 29.5 Å². The van der Waals surface area contributed by atoms with E-state index in [1.807, 2.05) is 19.9 Å². The van der Waals surface area contributed by atoms with Gasteiger partial charge in [-0.1, -0.05) is 17.7 Å². The molecular weight excluding hydrogens is 210 g/mol. The summed E-state index contributed by atoms with van der Waals surface area (Å²) in [6.45, 7) is 4.50. The molecule has 2 nitrogen and oxygen atoms in total. The van der Waals surface area contributed by atoms with Gasteiger partial charge in [0.05, 0.1) is 5.02 Å². The largest absolute Gasteiger partial charge is 0.506 e. The molecular formula is C12H16ClNO. The molecule has 3 heteroatoms. The van der Waals surface area contributed by atoms with E-state index >= 15 is 0 Å². The lowest BCUT2D eigenvalue weighted by Gasteiger charge is -2.19. The third-order valence-electron chi connectivity index (χ3n) is 3.39. The van der Waals surface area contributed by atoms with E-state index in [1.54, 1.807) is 0 Å². The number of rotatable bonds is 2. The van der Waals surface area contributed by atoms with E-state index in [4.69, 9.17) is 17.3 Å². The van der Waals surface area contributed by atoms with Crippen molar-refractivity contribution in [3.63, 3.8) is 0 Å². The molecule has 1 aliphatic carbocycles. The maximum atomic E-state index is 10.1. The molecule has 1 aromatic rings. The number of hydrogen-bond donors (Lipinski definition) is 2. The topological polar surface area (TPSA) is 46.2 Å². The molecule has 0 bridgehead atoms. The van der Waals surface area contributed by atoms with Crippen molar-refractivity contribution in [2.24, 2.45) is 5.73 Å². The number of nitrogens with two attached hydrogens (primary N) is 1. The molecule has 0 aliphatic heterocycles. The number of benzene rings is 1. The van der Waals surface area contributed by atoms with Crippen LogP contribution in [0, 0.1) is 13.8 Å². The van der Waals surface area contributed by atoms with E-state index in [1.165, 1.54) is 0 Å². The monoisotopic (exact) mass is 225 g/mol. The molecule has 0 aromatic heterocycles. The summed E-state index contributed by atoms with van der Waals surface area (Å²) in [6, 6.07) is 2.02. The number of phenolic OH excluding ortho intramolecular Hbond substituents is 1. The average Bonchev–Trinajstić information content (AvgIpc) is 2.96. The highest BCUT2D eigenvalue weighted by molar-refractivity contribution is 6.33.